The lowest BCUT2D eigenvalue weighted by atomic mass is 10.2. The molecule has 0 aromatic heterocycles. The highest BCUT2D eigenvalue weighted by molar-refractivity contribution is 5.49. The number of ether oxygens (including phenoxy) is 2. The Bertz CT molecular complexity index is 584. The highest BCUT2D eigenvalue weighted by atomic mass is 16.7. The van der Waals surface area contributed by atoms with Gasteiger partial charge in [-0.05, 0) is 42.8 Å². The van der Waals surface area contributed by atoms with E-state index in [4.69, 9.17) is 20.9 Å². The normalized spacial score (nSPS) is 11.9. The van der Waals surface area contributed by atoms with Gasteiger partial charge in [0.05, 0.1) is 0 Å². The van der Waals surface area contributed by atoms with Crippen LogP contribution in [-0.4, -0.2) is 6.29 Å². The summed E-state index contributed by atoms with van der Waals surface area (Å²) in [5, 5.41) is 0. The Hall–Kier alpha value is -2.36. The summed E-state index contributed by atoms with van der Waals surface area (Å²) in [4.78, 5) is 0. The molecule has 0 saturated carbocycles. The average molecular weight is 272 g/mol. The highest BCUT2D eigenvalue weighted by Gasteiger charge is 2.10. The summed E-state index contributed by atoms with van der Waals surface area (Å²) in [5.74, 6) is 1.44. The first-order valence-corrected chi connectivity index (χ1v) is 6.63. The largest absolute Gasteiger partial charge is 0.455 e. The van der Waals surface area contributed by atoms with Crippen molar-refractivity contribution < 1.29 is 9.47 Å². The van der Waals surface area contributed by atoms with Gasteiger partial charge in [-0.25, -0.2) is 0 Å². The minimum atomic E-state index is -0.361. The van der Waals surface area contributed by atoms with Crippen molar-refractivity contribution in [3.8, 4) is 11.5 Å². The molecular formula is C16H20N2O2. The number of hydrogen-bond donors (Lipinski definition) is 2. The molecule has 0 amide bonds. The molecule has 0 aliphatic heterocycles. The van der Waals surface area contributed by atoms with E-state index in [0.29, 0.717) is 11.4 Å². The third kappa shape index (κ3) is 3.57. The number of nitrogens with two attached hydrogens (primary N) is 2. The van der Waals surface area contributed by atoms with Crippen molar-refractivity contribution in [2.75, 3.05) is 11.5 Å². The van der Waals surface area contributed by atoms with E-state index in [1.165, 1.54) is 0 Å². The molecule has 0 aliphatic rings. The first kappa shape index (κ1) is 14.1. The van der Waals surface area contributed by atoms with Gasteiger partial charge in [-0.15, -0.1) is 0 Å². The van der Waals surface area contributed by atoms with Crippen molar-refractivity contribution >= 4 is 11.4 Å². The smallest absolute Gasteiger partial charge is 0.240 e. The Morgan fingerprint density at radius 2 is 1.70 bits per heavy atom. The van der Waals surface area contributed by atoms with Crippen molar-refractivity contribution in [2.45, 2.75) is 26.6 Å². The third-order valence-electron chi connectivity index (χ3n) is 2.97. The predicted octanol–water partition coefficient (Wildman–Crippen LogP) is 3.35. The van der Waals surface area contributed by atoms with Crippen LogP contribution in [-0.2, 0) is 0 Å². The van der Waals surface area contributed by atoms with Crippen LogP contribution in [0.15, 0.2) is 42.5 Å². The molecule has 0 bridgehead atoms. The molecule has 0 saturated heterocycles. The summed E-state index contributed by atoms with van der Waals surface area (Å²) in [6, 6.07) is 12.9. The van der Waals surface area contributed by atoms with Gasteiger partial charge >= 0.3 is 0 Å². The summed E-state index contributed by atoms with van der Waals surface area (Å²) in [6.07, 6.45) is 0.359. The van der Waals surface area contributed by atoms with Gasteiger partial charge in [0.25, 0.3) is 0 Å². The van der Waals surface area contributed by atoms with Gasteiger partial charge in [0.15, 0.2) is 0 Å². The predicted molar refractivity (Wildman–Crippen MR) is 81.8 cm³/mol. The van der Waals surface area contributed by atoms with Crippen LogP contribution in [0.3, 0.4) is 0 Å². The molecule has 106 valence electrons. The van der Waals surface area contributed by atoms with E-state index < -0.39 is 0 Å². The second-order valence-electron chi connectivity index (χ2n) is 4.66. The van der Waals surface area contributed by atoms with E-state index in [9.17, 15) is 0 Å². The van der Waals surface area contributed by atoms with E-state index in [2.05, 4.69) is 0 Å². The van der Waals surface area contributed by atoms with Crippen molar-refractivity contribution in [2.24, 2.45) is 0 Å². The fourth-order valence-corrected chi connectivity index (χ4v) is 1.80. The SMILES string of the molecule is CCC(Oc1cccc(N)c1)Oc1ccc(N)c(C)c1. The van der Waals surface area contributed by atoms with E-state index in [0.717, 1.165) is 23.4 Å². The second-order valence-corrected chi connectivity index (χ2v) is 4.66. The van der Waals surface area contributed by atoms with Crippen LogP contribution >= 0.6 is 0 Å². The van der Waals surface area contributed by atoms with E-state index in [1.54, 1.807) is 6.07 Å². The molecule has 0 radical (unpaired) electrons. The first-order chi connectivity index (χ1) is 9.58. The Labute approximate surface area is 119 Å². The number of rotatable bonds is 5. The van der Waals surface area contributed by atoms with Gasteiger partial charge in [0.2, 0.25) is 6.29 Å². The fourth-order valence-electron chi connectivity index (χ4n) is 1.80. The van der Waals surface area contributed by atoms with Gasteiger partial charge in [0, 0.05) is 23.9 Å². The maximum Gasteiger partial charge on any atom is 0.240 e. The molecule has 4 N–H and O–H groups in total. The topological polar surface area (TPSA) is 70.5 Å². The minimum Gasteiger partial charge on any atom is -0.455 e. The van der Waals surface area contributed by atoms with Gasteiger partial charge in [0.1, 0.15) is 11.5 Å². The Morgan fingerprint density at radius 1 is 1.00 bits per heavy atom. The van der Waals surface area contributed by atoms with Crippen LogP contribution in [0.25, 0.3) is 0 Å². The van der Waals surface area contributed by atoms with Crippen molar-refractivity contribution in [1.82, 2.24) is 0 Å². The molecule has 0 spiro atoms. The third-order valence-corrected chi connectivity index (χ3v) is 2.97. The van der Waals surface area contributed by atoms with E-state index in [1.807, 2.05) is 50.2 Å². The molecule has 0 aliphatic carbocycles. The molecule has 2 aromatic carbocycles. The molecule has 0 heterocycles. The summed E-state index contributed by atoms with van der Waals surface area (Å²) >= 11 is 0. The summed E-state index contributed by atoms with van der Waals surface area (Å²) in [6.45, 7) is 3.95. The maximum atomic E-state index is 5.82. The number of anilines is 2. The average Bonchev–Trinajstić information content (AvgIpc) is 2.42. The number of nitrogen functional groups attached to an aromatic ring is 2. The van der Waals surface area contributed by atoms with Crippen LogP contribution in [0, 0.1) is 6.92 Å². The quantitative estimate of drug-likeness (QED) is 0.647. The lowest BCUT2D eigenvalue weighted by Gasteiger charge is -2.19. The summed E-state index contributed by atoms with van der Waals surface area (Å²) in [5.41, 5.74) is 13.9. The lowest BCUT2D eigenvalue weighted by molar-refractivity contribution is 0.00334. The first-order valence-electron chi connectivity index (χ1n) is 6.63. The van der Waals surface area contributed by atoms with Gasteiger partial charge in [-0.2, -0.15) is 0 Å². The zero-order valence-corrected chi connectivity index (χ0v) is 11.8. The molecular weight excluding hydrogens is 252 g/mol. The van der Waals surface area contributed by atoms with E-state index in [-0.39, 0.29) is 6.29 Å². The standard InChI is InChI=1S/C16H20N2O2/c1-3-16(19-13-6-4-5-12(17)10-13)20-14-7-8-15(18)11(2)9-14/h4-10,16H,3,17-18H2,1-2H3. The highest BCUT2D eigenvalue weighted by Crippen LogP contribution is 2.22. The molecule has 2 aromatic rings. The second kappa shape index (κ2) is 6.19. The molecule has 2 rings (SSSR count). The zero-order valence-electron chi connectivity index (χ0n) is 11.8. The Morgan fingerprint density at radius 3 is 2.30 bits per heavy atom. The maximum absolute atomic E-state index is 5.82. The molecule has 1 atom stereocenters. The van der Waals surface area contributed by atoms with Gasteiger partial charge < -0.3 is 20.9 Å². The Kier molecular flexibility index (Phi) is 4.35. The number of hydrogen-bond acceptors (Lipinski definition) is 4. The van der Waals surface area contributed by atoms with Crippen LogP contribution in [0.4, 0.5) is 11.4 Å². The van der Waals surface area contributed by atoms with Crippen molar-refractivity contribution in [1.29, 1.82) is 0 Å². The number of aryl methyl sites for hydroxylation is 1. The van der Waals surface area contributed by atoms with Crippen molar-refractivity contribution in [3.05, 3.63) is 48.0 Å². The molecule has 1 unspecified atom stereocenters. The summed E-state index contributed by atoms with van der Waals surface area (Å²) < 4.78 is 11.6. The fraction of sp³-hybridized carbons (Fsp3) is 0.250. The van der Waals surface area contributed by atoms with Crippen LogP contribution in [0.2, 0.25) is 0 Å². The van der Waals surface area contributed by atoms with Gasteiger partial charge in [-0.1, -0.05) is 13.0 Å². The van der Waals surface area contributed by atoms with Crippen LogP contribution in [0.5, 0.6) is 11.5 Å². The van der Waals surface area contributed by atoms with Crippen molar-refractivity contribution in [3.63, 3.8) is 0 Å². The summed E-state index contributed by atoms with van der Waals surface area (Å²) in [7, 11) is 0. The molecule has 4 heteroatoms. The minimum absolute atomic E-state index is 0.361. The monoisotopic (exact) mass is 272 g/mol. The zero-order chi connectivity index (χ0) is 14.5. The number of benzene rings is 2. The molecule has 0 fully saturated rings. The molecule has 20 heavy (non-hydrogen) atoms. The Balaban J connectivity index is 2.07. The van der Waals surface area contributed by atoms with E-state index >= 15 is 0 Å². The van der Waals surface area contributed by atoms with Crippen LogP contribution < -0.4 is 20.9 Å². The lowest BCUT2D eigenvalue weighted by Crippen LogP contribution is -2.23. The molecule has 4 nitrogen and oxygen atoms in total. The van der Waals surface area contributed by atoms with Gasteiger partial charge in [-0.3, -0.25) is 0 Å². The van der Waals surface area contributed by atoms with Crippen LogP contribution in [0.1, 0.15) is 18.9 Å².